The van der Waals surface area contributed by atoms with Crippen molar-refractivity contribution in [2.75, 3.05) is 22.1 Å². The number of benzene rings is 4. The summed E-state index contributed by atoms with van der Waals surface area (Å²) < 4.78 is 107. The van der Waals surface area contributed by atoms with Crippen LogP contribution >= 0.6 is 0 Å². The third-order valence-electron chi connectivity index (χ3n) is 8.98. The van der Waals surface area contributed by atoms with E-state index in [9.17, 15) is 35.1 Å². The fourth-order valence-corrected chi connectivity index (χ4v) is 6.20. The van der Waals surface area contributed by atoms with E-state index in [0.717, 1.165) is 59.4 Å². The van der Waals surface area contributed by atoms with Crippen LogP contribution in [0.1, 0.15) is 35.3 Å². The van der Waals surface area contributed by atoms with Crippen LogP contribution in [0.3, 0.4) is 0 Å². The van der Waals surface area contributed by atoms with E-state index in [-0.39, 0.29) is 34.4 Å². The average Bonchev–Trinajstić information content (AvgIpc) is 3.69. The Morgan fingerprint density at radius 1 is 0.567 bits per heavy atom. The van der Waals surface area contributed by atoms with Gasteiger partial charge in [0.05, 0.1) is 27.7 Å². The third kappa shape index (κ3) is 8.71. The first-order chi connectivity index (χ1) is 28.4. The van der Waals surface area contributed by atoms with E-state index in [0.29, 0.717) is 34.8 Å². The highest BCUT2D eigenvalue weighted by atomic mass is 19.4. The Kier molecular flexibility index (Phi) is 10.7. The van der Waals surface area contributed by atoms with Crippen molar-refractivity contribution in [2.45, 2.75) is 39.5 Å². The fourth-order valence-electron chi connectivity index (χ4n) is 6.20. The van der Waals surface area contributed by atoms with Crippen molar-refractivity contribution < 1.29 is 35.1 Å². The highest BCUT2D eigenvalue weighted by molar-refractivity contribution is 5.80. The minimum Gasteiger partial charge on any atom is -0.383 e. The van der Waals surface area contributed by atoms with Gasteiger partial charge in [0.1, 0.15) is 46.3 Å². The van der Waals surface area contributed by atoms with Crippen LogP contribution in [-0.2, 0) is 18.8 Å². The number of hydrogen-bond donors (Lipinski definition) is 4. The van der Waals surface area contributed by atoms with Crippen LogP contribution in [0, 0.1) is 25.5 Å². The zero-order chi connectivity index (χ0) is 43.1. The Morgan fingerprint density at radius 2 is 1.05 bits per heavy atom. The van der Waals surface area contributed by atoms with Crippen LogP contribution < -0.4 is 22.1 Å². The quantitative estimate of drug-likeness (QED) is 0.114. The molecule has 0 bridgehead atoms. The summed E-state index contributed by atoms with van der Waals surface area (Å²) in [5, 5.41) is 5.82. The minimum absolute atomic E-state index is 0.00517. The molecule has 8 aromatic rings. The molecule has 308 valence electrons. The van der Waals surface area contributed by atoms with E-state index in [2.05, 4.69) is 47.5 Å². The number of rotatable bonds is 7. The van der Waals surface area contributed by atoms with E-state index >= 15 is 0 Å². The van der Waals surface area contributed by atoms with Crippen LogP contribution in [0.4, 0.5) is 69.8 Å². The van der Waals surface area contributed by atoms with Gasteiger partial charge in [0, 0.05) is 35.6 Å². The van der Waals surface area contributed by atoms with Gasteiger partial charge < -0.3 is 22.1 Å². The molecule has 12 nitrogen and oxygen atoms in total. The lowest BCUT2D eigenvalue weighted by atomic mass is 10.1. The number of nitrogens with zero attached hydrogens (tertiary/aromatic N) is 8. The van der Waals surface area contributed by atoms with Crippen LogP contribution in [0.5, 0.6) is 0 Å². The standard InChI is InChI=1S/C21H19F3N6.C19H13F5N6/c1-3-13-4-9-16-17(10-13)30(12(2)26-16)20-28-18(25)11-19(29-20)27-15-7-5-14(6-8-15)21(22,23)24;1-9-26-17-13(21)6-11(20)7-14(17)30(9)18-28-15(25)8-16(29-18)27-12-4-2-10(3-5-12)19(22,23)24/h4-11H,3H2,1-2H3,(H3,25,27,28,29);2-8H,1H3,(H3,25,27,28,29). The first kappa shape index (κ1) is 40.8. The summed E-state index contributed by atoms with van der Waals surface area (Å²) in [7, 11) is 0. The van der Waals surface area contributed by atoms with Gasteiger partial charge in [0.25, 0.3) is 0 Å². The van der Waals surface area contributed by atoms with E-state index in [1.165, 1.54) is 41.0 Å². The van der Waals surface area contributed by atoms with Crippen molar-refractivity contribution in [3.63, 3.8) is 0 Å². The Balaban J connectivity index is 0.000000181. The van der Waals surface area contributed by atoms with Crippen LogP contribution in [0.2, 0.25) is 0 Å². The molecule has 60 heavy (non-hydrogen) atoms. The molecule has 8 rings (SSSR count). The molecule has 6 N–H and O–H groups in total. The number of fused-ring (bicyclic) bond motifs is 2. The number of halogens is 8. The van der Waals surface area contributed by atoms with Crippen molar-refractivity contribution >= 4 is 56.7 Å². The summed E-state index contributed by atoms with van der Waals surface area (Å²) in [5.41, 5.74) is 14.0. The van der Waals surface area contributed by atoms with E-state index in [1.807, 2.05) is 29.7 Å². The molecule has 0 aliphatic rings. The molecule has 0 amide bonds. The first-order valence-corrected chi connectivity index (χ1v) is 17.9. The summed E-state index contributed by atoms with van der Waals surface area (Å²) in [6.07, 6.45) is -7.96. The molecule has 0 aliphatic heterocycles. The highest BCUT2D eigenvalue weighted by Gasteiger charge is 2.31. The number of nitrogens with one attached hydrogen (secondary N) is 2. The number of aromatic nitrogens is 8. The van der Waals surface area contributed by atoms with Gasteiger partial charge in [-0.25, -0.2) is 18.7 Å². The van der Waals surface area contributed by atoms with Gasteiger partial charge in [0.15, 0.2) is 5.82 Å². The summed E-state index contributed by atoms with van der Waals surface area (Å²) >= 11 is 0. The second kappa shape index (κ2) is 15.8. The van der Waals surface area contributed by atoms with Crippen LogP contribution in [0.15, 0.2) is 91.0 Å². The molecule has 0 radical (unpaired) electrons. The summed E-state index contributed by atoms with van der Waals surface area (Å²) in [4.78, 5) is 25.8. The van der Waals surface area contributed by atoms with Crippen molar-refractivity contribution in [1.82, 2.24) is 39.0 Å². The van der Waals surface area contributed by atoms with Crippen LogP contribution in [0.25, 0.3) is 34.0 Å². The van der Waals surface area contributed by atoms with E-state index in [1.54, 1.807) is 6.92 Å². The van der Waals surface area contributed by atoms with Crippen molar-refractivity contribution in [3.05, 3.63) is 131 Å². The van der Waals surface area contributed by atoms with Gasteiger partial charge in [-0.15, -0.1) is 0 Å². The largest absolute Gasteiger partial charge is 0.416 e. The Bertz CT molecular complexity index is 2850. The zero-order valence-electron chi connectivity index (χ0n) is 31.6. The summed E-state index contributed by atoms with van der Waals surface area (Å²) in [5.74, 6) is 0.486. The molecule has 0 saturated heterocycles. The number of aryl methyl sites for hydroxylation is 3. The van der Waals surface area contributed by atoms with E-state index < -0.39 is 35.1 Å². The molecule has 0 unspecified atom stereocenters. The molecule has 0 aliphatic carbocycles. The van der Waals surface area contributed by atoms with Crippen LogP contribution in [-0.4, -0.2) is 39.0 Å². The molecule has 0 atom stereocenters. The Hall–Kier alpha value is -7.38. The zero-order valence-corrected chi connectivity index (χ0v) is 31.6. The summed E-state index contributed by atoms with van der Waals surface area (Å²) in [6, 6.07) is 19.7. The molecule has 0 saturated carbocycles. The molecule has 4 heterocycles. The lowest BCUT2D eigenvalue weighted by molar-refractivity contribution is -0.138. The maximum Gasteiger partial charge on any atom is 0.416 e. The number of anilines is 6. The molecule has 4 aromatic carbocycles. The molecular formula is C40H32F8N12. The topological polar surface area (TPSA) is 163 Å². The van der Waals surface area contributed by atoms with Gasteiger partial charge in [-0.05, 0) is 86.5 Å². The minimum atomic E-state index is -4.45. The fraction of sp³-hybridized carbons (Fsp3) is 0.150. The predicted octanol–water partition coefficient (Wildman–Crippen LogP) is 9.78. The average molecular weight is 833 g/mol. The number of nitrogen functional groups attached to an aromatic ring is 2. The smallest absolute Gasteiger partial charge is 0.383 e. The second-order valence-electron chi connectivity index (χ2n) is 13.3. The summed E-state index contributed by atoms with van der Waals surface area (Å²) in [6.45, 7) is 5.48. The number of alkyl halides is 6. The predicted molar refractivity (Wildman–Crippen MR) is 210 cm³/mol. The van der Waals surface area contributed by atoms with Crippen molar-refractivity contribution in [1.29, 1.82) is 0 Å². The molecule has 4 aromatic heterocycles. The maximum absolute atomic E-state index is 14.0. The maximum atomic E-state index is 14.0. The SMILES string of the molecule is CCc1ccc2nc(C)n(-c3nc(N)cc(Nc4ccc(C(F)(F)F)cc4)n3)c2c1.Cc1nc2c(F)cc(F)cc2n1-c1nc(N)cc(Nc2ccc(C(F)(F)F)cc2)n1. The van der Waals surface area contributed by atoms with Gasteiger partial charge in [-0.1, -0.05) is 13.0 Å². The van der Waals surface area contributed by atoms with E-state index in [4.69, 9.17) is 11.5 Å². The molecule has 0 fully saturated rings. The van der Waals surface area contributed by atoms with Gasteiger partial charge in [0.2, 0.25) is 11.9 Å². The number of nitrogens with two attached hydrogens (primary N) is 2. The first-order valence-electron chi connectivity index (χ1n) is 17.9. The van der Waals surface area contributed by atoms with Crippen molar-refractivity contribution in [3.8, 4) is 11.9 Å². The normalized spacial score (nSPS) is 11.8. The number of hydrogen-bond acceptors (Lipinski definition) is 10. The van der Waals surface area contributed by atoms with Gasteiger partial charge in [-0.2, -0.15) is 46.3 Å². The third-order valence-corrected chi connectivity index (χ3v) is 8.98. The molecule has 0 spiro atoms. The van der Waals surface area contributed by atoms with Gasteiger partial charge >= 0.3 is 12.4 Å². The molecule has 20 heteroatoms. The lowest BCUT2D eigenvalue weighted by Crippen LogP contribution is -2.08. The monoisotopic (exact) mass is 832 g/mol. The highest BCUT2D eigenvalue weighted by Crippen LogP contribution is 2.32. The second-order valence-corrected chi connectivity index (χ2v) is 13.3. The number of imidazole rings is 2. The molecular weight excluding hydrogens is 801 g/mol. The van der Waals surface area contributed by atoms with Crippen molar-refractivity contribution in [2.24, 2.45) is 0 Å². The Labute approximate surface area is 335 Å². The lowest BCUT2D eigenvalue weighted by Gasteiger charge is -2.12. The van der Waals surface area contributed by atoms with Gasteiger partial charge in [-0.3, -0.25) is 9.13 Å². The Morgan fingerprint density at radius 3 is 1.53 bits per heavy atom.